The monoisotopic (exact) mass is 451 g/mol. The zero-order valence-electron chi connectivity index (χ0n) is 17.8. The van der Waals surface area contributed by atoms with Crippen molar-refractivity contribution in [2.24, 2.45) is 11.5 Å². The highest BCUT2D eigenvalue weighted by Crippen LogP contribution is 2.03. The maximum atomic E-state index is 12.5. The van der Waals surface area contributed by atoms with Crippen LogP contribution in [0.1, 0.15) is 25.8 Å². The van der Waals surface area contributed by atoms with E-state index in [0.29, 0.717) is 0 Å². The summed E-state index contributed by atoms with van der Waals surface area (Å²) in [5.41, 5.74) is 11.8. The highest BCUT2D eigenvalue weighted by atomic mass is 16.4. The number of hydrogen-bond acceptors (Lipinski definition) is 7. The minimum Gasteiger partial charge on any atom is -0.480 e. The van der Waals surface area contributed by atoms with Crippen LogP contribution < -0.4 is 27.4 Å². The first-order chi connectivity index (χ1) is 14.9. The van der Waals surface area contributed by atoms with Gasteiger partial charge in [-0.3, -0.25) is 19.2 Å². The van der Waals surface area contributed by atoms with Crippen LogP contribution in [0.2, 0.25) is 0 Å². The Hall–Kier alpha value is -3.51. The lowest BCUT2D eigenvalue weighted by molar-refractivity contribution is -0.145. The molecule has 1 aromatic carbocycles. The number of amides is 4. The molecule has 4 amide bonds. The summed E-state index contributed by atoms with van der Waals surface area (Å²) in [5.74, 6) is -4.82. The van der Waals surface area contributed by atoms with Gasteiger partial charge >= 0.3 is 5.97 Å². The predicted octanol–water partition coefficient (Wildman–Crippen LogP) is -2.63. The van der Waals surface area contributed by atoms with Crippen LogP contribution in [0.4, 0.5) is 0 Å². The second-order valence-electron chi connectivity index (χ2n) is 7.32. The Morgan fingerprint density at radius 1 is 0.938 bits per heavy atom. The Labute approximate surface area is 184 Å². The fraction of sp³-hybridized carbons (Fsp3) is 0.450. The van der Waals surface area contributed by atoms with E-state index < -0.39 is 66.3 Å². The molecule has 0 aromatic heterocycles. The average molecular weight is 451 g/mol. The number of rotatable bonds is 12. The number of aliphatic hydroxyl groups excluding tert-OH is 1. The molecule has 12 nitrogen and oxygen atoms in total. The molecule has 0 saturated heterocycles. The van der Waals surface area contributed by atoms with Gasteiger partial charge in [-0.2, -0.15) is 0 Å². The molecule has 1 aromatic rings. The van der Waals surface area contributed by atoms with Crippen LogP contribution in [0, 0.1) is 0 Å². The molecular formula is C20H29N5O7. The number of nitrogens with two attached hydrogens (primary N) is 2. The van der Waals surface area contributed by atoms with Crippen LogP contribution in [0.25, 0.3) is 0 Å². The summed E-state index contributed by atoms with van der Waals surface area (Å²) in [7, 11) is 0. The van der Waals surface area contributed by atoms with Crippen molar-refractivity contribution in [2.45, 2.75) is 57.0 Å². The summed E-state index contributed by atoms with van der Waals surface area (Å²) >= 11 is 0. The summed E-state index contributed by atoms with van der Waals surface area (Å²) in [6, 6.07) is 3.68. The second kappa shape index (κ2) is 12.4. The van der Waals surface area contributed by atoms with Gasteiger partial charge in [-0.15, -0.1) is 0 Å². The zero-order chi connectivity index (χ0) is 24.4. The lowest BCUT2D eigenvalue weighted by atomic mass is 10.1. The Morgan fingerprint density at radius 3 is 2.03 bits per heavy atom. The van der Waals surface area contributed by atoms with Gasteiger partial charge in [0, 0.05) is 0 Å². The third kappa shape index (κ3) is 8.70. The Kier molecular flexibility index (Phi) is 10.3. The van der Waals surface area contributed by atoms with Gasteiger partial charge < -0.3 is 37.6 Å². The minimum absolute atomic E-state index is 0.187. The number of aliphatic carboxylic acids is 1. The molecule has 5 atom stereocenters. The molecule has 0 aliphatic carbocycles. The molecule has 12 heteroatoms. The number of carboxylic acid groups (broad SMARTS) is 1. The molecule has 0 spiro atoms. The standard InChI is InChI=1S/C20H29N5O7/c1-10(17(28)25-16(11(2)26)20(31)32)23-19(30)14(9-15(22)27)24-18(29)13(21)8-12-6-4-3-5-7-12/h3-7,10-11,13-14,16,26H,8-9,21H2,1-2H3,(H2,22,27)(H,23,30)(H,24,29)(H,25,28)(H,31,32). The Bertz CT molecular complexity index is 831. The molecule has 0 aliphatic heterocycles. The van der Waals surface area contributed by atoms with Crippen molar-refractivity contribution < 1.29 is 34.2 Å². The van der Waals surface area contributed by atoms with E-state index in [-0.39, 0.29) is 6.42 Å². The number of aliphatic hydroxyl groups is 1. The number of hydrogen-bond donors (Lipinski definition) is 7. The van der Waals surface area contributed by atoms with Crippen LogP contribution in [0.3, 0.4) is 0 Å². The van der Waals surface area contributed by atoms with E-state index in [1.165, 1.54) is 13.8 Å². The van der Waals surface area contributed by atoms with Crippen molar-refractivity contribution in [3.05, 3.63) is 35.9 Å². The number of primary amides is 1. The highest BCUT2D eigenvalue weighted by Gasteiger charge is 2.30. The Morgan fingerprint density at radius 2 is 1.53 bits per heavy atom. The molecule has 1 rings (SSSR count). The second-order valence-corrected chi connectivity index (χ2v) is 7.32. The molecule has 0 heterocycles. The fourth-order valence-corrected chi connectivity index (χ4v) is 2.70. The predicted molar refractivity (Wildman–Crippen MR) is 113 cm³/mol. The molecule has 0 bridgehead atoms. The highest BCUT2D eigenvalue weighted by molar-refractivity contribution is 5.96. The molecule has 0 saturated carbocycles. The van der Waals surface area contributed by atoms with Crippen LogP contribution in [-0.2, 0) is 30.4 Å². The van der Waals surface area contributed by atoms with E-state index >= 15 is 0 Å². The summed E-state index contributed by atoms with van der Waals surface area (Å²) in [6.45, 7) is 2.44. The smallest absolute Gasteiger partial charge is 0.328 e. The number of carbonyl (C=O) groups excluding carboxylic acids is 4. The van der Waals surface area contributed by atoms with Crippen molar-refractivity contribution in [3.8, 4) is 0 Å². The number of carbonyl (C=O) groups is 5. The van der Waals surface area contributed by atoms with Crippen LogP contribution in [-0.4, -0.2) is 70.1 Å². The van der Waals surface area contributed by atoms with Crippen molar-refractivity contribution in [1.82, 2.24) is 16.0 Å². The van der Waals surface area contributed by atoms with Gasteiger partial charge in [-0.1, -0.05) is 30.3 Å². The number of benzene rings is 1. The normalized spacial score (nSPS) is 15.4. The van der Waals surface area contributed by atoms with Gasteiger partial charge in [-0.25, -0.2) is 4.79 Å². The number of carboxylic acids is 1. The topological polar surface area (TPSA) is 214 Å². The first kappa shape index (κ1) is 26.5. The molecule has 0 radical (unpaired) electrons. The SMILES string of the molecule is CC(NC(=O)C(CC(N)=O)NC(=O)C(N)Cc1ccccc1)C(=O)NC(C(=O)O)C(C)O. The molecular weight excluding hydrogens is 422 g/mol. The van der Waals surface area contributed by atoms with Crippen molar-refractivity contribution >= 4 is 29.6 Å². The van der Waals surface area contributed by atoms with E-state index in [1.54, 1.807) is 30.3 Å². The molecule has 0 aliphatic rings. The van der Waals surface area contributed by atoms with E-state index in [9.17, 15) is 29.1 Å². The Balaban J connectivity index is 2.78. The van der Waals surface area contributed by atoms with Crippen molar-refractivity contribution in [1.29, 1.82) is 0 Å². The van der Waals surface area contributed by atoms with E-state index in [1.807, 2.05) is 0 Å². The molecule has 32 heavy (non-hydrogen) atoms. The van der Waals surface area contributed by atoms with E-state index in [0.717, 1.165) is 5.56 Å². The van der Waals surface area contributed by atoms with Crippen LogP contribution in [0.15, 0.2) is 30.3 Å². The third-order valence-electron chi connectivity index (χ3n) is 4.47. The van der Waals surface area contributed by atoms with Gasteiger partial charge in [0.2, 0.25) is 23.6 Å². The van der Waals surface area contributed by atoms with Gasteiger partial charge in [0.1, 0.15) is 12.1 Å². The van der Waals surface area contributed by atoms with Crippen LogP contribution >= 0.6 is 0 Å². The van der Waals surface area contributed by atoms with Gasteiger partial charge in [0.25, 0.3) is 0 Å². The quantitative estimate of drug-likeness (QED) is 0.178. The van der Waals surface area contributed by atoms with Gasteiger partial charge in [0.15, 0.2) is 6.04 Å². The average Bonchev–Trinajstić information content (AvgIpc) is 2.70. The van der Waals surface area contributed by atoms with E-state index in [2.05, 4.69) is 16.0 Å². The molecule has 176 valence electrons. The van der Waals surface area contributed by atoms with Gasteiger partial charge in [-0.05, 0) is 25.8 Å². The largest absolute Gasteiger partial charge is 0.480 e. The molecule has 5 unspecified atom stereocenters. The maximum absolute atomic E-state index is 12.5. The van der Waals surface area contributed by atoms with E-state index in [4.69, 9.17) is 16.6 Å². The lowest BCUT2D eigenvalue weighted by Gasteiger charge is -2.23. The minimum atomic E-state index is -1.58. The molecule has 9 N–H and O–H groups in total. The first-order valence-electron chi connectivity index (χ1n) is 9.82. The third-order valence-corrected chi connectivity index (χ3v) is 4.47. The van der Waals surface area contributed by atoms with Crippen LogP contribution in [0.5, 0.6) is 0 Å². The summed E-state index contributed by atoms with van der Waals surface area (Å²) in [6.07, 6.45) is -1.74. The lowest BCUT2D eigenvalue weighted by Crippen LogP contribution is -2.58. The fourth-order valence-electron chi connectivity index (χ4n) is 2.70. The molecule has 0 fully saturated rings. The summed E-state index contributed by atoms with van der Waals surface area (Å²) in [5, 5.41) is 25.2. The number of nitrogens with one attached hydrogen (secondary N) is 3. The summed E-state index contributed by atoms with van der Waals surface area (Å²) < 4.78 is 0. The van der Waals surface area contributed by atoms with Gasteiger partial charge in [0.05, 0.1) is 18.6 Å². The van der Waals surface area contributed by atoms with Crippen molar-refractivity contribution in [2.75, 3.05) is 0 Å². The summed E-state index contributed by atoms with van der Waals surface area (Å²) in [4.78, 5) is 59.6. The zero-order valence-corrected chi connectivity index (χ0v) is 17.8. The maximum Gasteiger partial charge on any atom is 0.328 e. The first-order valence-corrected chi connectivity index (χ1v) is 9.82. The van der Waals surface area contributed by atoms with Crippen molar-refractivity contribution in [3.63, 3.8) is 0 Å².